The topological polar surface area (TPSA) is 78.4 Å². The number of hydrogen-bond acceptors (Lipinski definition) is 6. The van der Waals surface area contributed by atoms with Crippen LogP contribution in [-0.4, -0.2) is 64.2 Å². The summed E-state index contributed by atoms with van der Waals surface area (Å²) < 4.78 is 0. The van der Waals surface area contributed by atoms with Gasteiger partial charge in [0.2, 0.25) is 5.91 Å². The van der Waals surface area contributed by atoms with Crippen molar-refractivity contribution in [1.82, 2.24) is 20.2 Å². The van der Waals surface area contributed by atoms with Gasteiger partial charge in [0.1, 0.15) is 11.0 Å². The molecule has 0 radical (unpaired) electrons. The van der Waals surface area contributed by atoms with E-state index in [-0.39, 0.29) is 29.0 Å². The van der Waals surface area contributed by atoms with Crippen molar-refractivity contribution in [3.05, 3.63) is 46.6 Å². The minimum absolute atomic E-state index is 0.00564. The van der Waals surface area contributed by atoms with Crippen molar-refractivity contribution >= 4 is 41.0 Å². The van der Waals surface area contributed by atoms with E-state index in [9.17, 15) is 9.59 Å². The Morgan fingerprint density at radius 3 is 2.47 bits per heavy atom. The molecule has 2 fully saturated rings. The molecule has 1 atom stereocenters. The highest BCUT2D eigenvalue weighted by Crippen LogP contribution is 2.26. The van der Waals surface area contributed by atoms with Crippen molar-refractivity contribution in [3.8, 4) is 0 Å². The van der Waals surface area contributed by atoms with Crippen LogP contribution in [0.5, 0.6) is 0 Å². The maximum absolute atomic E-state index is 13.2. The molecule has 34 heavy (non-hydrogen) atoms. The van der Waals surface area contributed by atoms with Crippen LogP contribution in [0.4, 0.5) is 5.82 Å². The number of aromatic nitrogens is 2. The lowest BCUT2D eigenvalue weighted by Crippen LogP contribution is -2.54. The van der Waals surface area contributed by atoms with Gasteiger partial charge in [0.15, 0.2) is 5.16 Å². The van der Waals surface area contributed by atoms with E-state index in [4.69, 9.17) is 11.6 Å². The van der Waals surface area contributed by atoms with Crippen LogP contribution in [0.25, 0.3) is 0 Å². The lowest BCUT2D eigenvalue weighted by molar-refractivity contribution is -0.118. The second kappa shape index (κ2) is 10.1. The van der Waals surface area contributed by atoms with Gasteiger partial charge in [0, 0.05) is 43.3 Å². The van der Waals surface area contributed by atoms with Crippen LogP contribution < -0.4 is 10.2 Å². The predicted octanol–water partition coefficient (Wildman–Crippen LogP) is 4.15. The quantitative estimate of drug-likeness (QED) is 0.364. The fourth-order valence-electron chi connectivity index (χ4n) is 3.99. The van der Waals surface area contributed by atoms with Crippen LogP contribution in [0.15, 0.2) is 35.5 Å². The number of halogens is 1. The summed E-state index contributed by atoms with van der Waals surface area (Å²) in [6.45, 7) is 10.4. The average molecular weight is 502 g/mol. The van der Waals surface area contributed by atoms with Crippen LogP contribution in [0.1, 0.15) is 56.5 Å². The monoisotopic (exact) mass is 501 g/mol. The van der Waals surface area contributed by atoms with Crippen LogP contribution in [0.3, 0.4) is 0 Å². The second-order valence-electron chi connectivity index (χ2n) is 10.1. The molecule has 0 bridgehead atoms. The van der Waals surface area contributed by atoms with Gasteiger partial charge in [-0.25, -0.2) is 9.97 Å². The van der Waals surface area contributed by atoms with Crippen LogP contribution in [-0.2, 0) is 10.2 Å². The zero-order chi connectivity index (χ0) is 24.5. The minimum Gasteiger partial charge on any atom is -0.353 e. The number of amides is 2. The smallest absolute Gasteiger partial charge is 0.254 e. The molecular weight excluding hydrogens is 470 g/mol. The van der Waals surface area contributed by atoms with Gasteiger partial charge in [0.25, 0.3) is 5.91 Å². The van der Waals surface area contributed by atoms with Gasteiger partial charge in [-0.2, -0.15) is 0 Å². The average Bonchev–Trinajstić information content (AvgIpc) is 3.60. The van der Waals surface area contributed by atoms with E-state index in [1.54, 1.807) is 6.07 Å². The summed E-state index contributed by atoms with van der Waals surface area (Å²) in [5.41, 5.74) is 1.97. The molecular formula is C25H32ClN5O2S. The standard InChI is InChI=1S/C25H32ClN5O2S/c1-16-14-30(11-12-31(16)23(33)17-5-7-18(8-6-17)25(2,3)4)21-13-20(26)28-24(29-21)34-15-22(32)27-19-9-10-19/h5-8,13,16,19H,9-12,14-15H2,1-4H3,(H,27,32). The molecule has 2 aliphatic rings. The first-order valence-corrected chi connectivity index (χ1v) is 13.1. The molecule has 2 heterocycles. The van der Waals surface area contributed by atoms with E-state index in [1.165, 1.54) is 17.3 Å². The third-order valence-corrected chi connectivity index (χ3v) is 7.19. The Morgan fingerprint density at radius 1 is 1.15 bits per heavy atom. The van der Waals surface area contributed by atoms with Gasteiger partial charge < -0.3 is 15.1 Å². The fourth-order valence-corrected chi connectivity index (χ4v) is 4.88. The first kappa shape index (κ1) is 24.8. The summed E-state index contributed by atoms with van der Waals surface area (Å²) in [4.78, 5) is 38.1. The van der Waals surface area contributed by atoms with Gasteiger partial charge in [-0.15, -0.1) is 0 Å². The number of nitrogens with one attached hydrogen (secondary N) is 1. The minimum atomic E-state index is -0.00564. The highest BCUT2D eigenvalue weighted by Gasteiger charge is 2.29. The Labute approximate surface area is 210 Å². The number of carbonyl (C=O) groups is 2. The van der Waals surface area contributed by atoms with Gasteiger partial charge in [-0.05, 0) is 42.9 Å². The number of carbonyl (C=O) groups excluding carboxylic acids is 2. The van der Waals surface area contributed by atoms with E-state index in [2.05, 4.69) is 41.0 Å². The Kier molecular flexibility index (Phi) is 7.38. The number of hydrogen-bond donors (Lipinski definition) is 1. The van der Waals surface area contributed by atoms with Gasteiger partial charge in [-0.1, -0.05) is 56.3 Å². The summed E-state index contributed by atoms with van der Waals surface area (Å²) in [5.74, 6) is 1.03. The summed E-state index contributed by atoms with van der Waals surface area (Å²) >= 11 is 7.55. The first-order valence-electron chi connectivity index (χ1n) is 11.7. The summed E-state index contributed by atoms with van der Waals surface area (Å²) in [7, 11) is 0. The molecule has 1 aliphatic heterocycles. The molecule has 4 rings (SSSR count). The molecule has 1 N–H and O–H groups in total. The third kappa shape index (κ3) is 6.21. The van der Waals surface area contributed by atoms with Crippen molar-refractivity contribution in [2.45, 2.75) is 63.2 Å². The van der Waals surface area contributed by atoms with E-state index in [0.717, 1.165) is 18.7 Å². The SMILES string of the molecule is CC1CN(c2cc(Cl)nc(SCC(=O)NC3CC3)n2)CCN1C(=O)c1ccc(C(C)(C)C)cc1. The number of thioether (sulfide) groups is 1. The summed E-state index contributed by atoms with van der Waals surface area (Å²) in [6.07, 6.45) is 2.12. The molecule has 1 aliphatic carbocycles. The Bertz CT molecular complexity index is 1050. The lowest BCUT2D eigenvalue weighted by atomic mass is 9.86. The molecule has 182 valence electrons. The number of nitrogens with zero attached hydrogens (tertiary/aromatic N) is 4. The molecule has 2 aromatic rings. The number of anilines is 1. The molecule has 1 aromatic heterocycles. The first-order chi connectivity index (χ1) is 16.1. The molecule has 1 saturated carbocycles. The largest absolute Gasteiger partial charge is 0.353 e. The molecule has 1 aromatic carbocycles. The maximum atomic E-state index is 13.2. The van der Waals surface area contributed by atoms with Gasteiger partial charge in [-0.3, -0.25) is 9.59 Å². The molecule has 1 unspecified atom stereocenters. The zero-order valence-electron chi connectivity index (χ0n) is 20.2. The Morgan fingerprint density at radius 2 is 1.85 bits per heavy atom. The van der Waals surface area contributed by atoms with Gasteiger partial charge in [0.05, 0.1) is 5.75 Å². The van der Waals surface area contributed by atoms with E-state index in [1.807, 2.05) is 36.1 Å². The highest BCUT2D eigenvalue weighted by atomic mass is 35.5. The Hall–Kier alpha value is -2.32. The van der Waals surface area contributed by atoms with Crippen LogP contribution in [0, 0.1) is 0 Å². The van der Waals surface area contributed by atoms with Crippen molar-refractivity contribution in [3.63, 3.8) is 0 Å². The number of benzene rings is 1. The zero-order valence-corrected chi connectivity index (χ0v) is 21.7. The molecule has 7 nitrogen and oxygen atoms in total. The van der Waals surface area contributed by atoms with Crippen molar-refractivity contribution in [2.75, 3.05) is 30.3 Å². The van der Waals surface area contributed by atoms with Crippen molar-refractivity contribution in [1.29, 1.82) is 0 Å². The number of piperazine rings is 1. The predicted molar refractivity (Wildman–Crippen MR) is 137 cm³/mol. The Balaban J connectivity index is 1.38. The third-order valence-electron chi connectivity index (χ3n) is 6.15. The van der Waals surface area contributed by atoms with E-state index in [0.29, 0.717) is 41.5 Å². The highest BCUT2D eigenvalue weighted by molar-refractivity contribution is 7.99. The van der Waals surface area contributed by atoms with Crippen molar-refractivity contribution < 1.29 is 9.59 Å². The summed E-state index contributed by atoms with van der Waals surface area (Å²) in [6, 6.07) is 10.0. The lowest BCUT2D eigenvalue weighted by Gasteiger charge is -2.40. The maximum Gasteiger partial charge on any atom is 0.254 e. The second-order valence-corrected chi connectivity index (χ2v) is 11.4. The molecule has 2 amide bonds. The molecule has 9 heteroatoms. The normalized spacial score (nSPS) is 18.7. The van der Waals surface area contributed by atoms with Crippen molar-refractivity contribution in [2.24, 2.45) is 0 Å². The fraction of sp³-hybridized carbons (Fsp3) is 0.520. The molecule has 1 saturated heterocycles. The molecule has 0 spiro atoms. The van der Waals surface area contributed by atoms with Crippen LogP contribution in [0.2, 0.25) is 5.15 Å². The van der Waals surface area contributed by atoms with E-state index >= 15 is 0 Å². The van der Waals surface area contributed by atoms with E-state index < -0.39 is 0 Å². The van der Waals surface area contributed by atoms with Crippen LogP contribution >= 0.6 is 23.4 Å². The van der Waals surface area contributed by atoms with Gasteiger partial charge >= 0.3 is 0 Å². The number of rotatable bonds is 6. The summed E-state index contributed by atoms with van der Waals surface area (Å²) in [5, 5.41) is 3.80.